The zero-order valence-electron chi connectivity index (χ0n) is 14.6. The van der Waals surface area contributed by atoms with Crippen molar-refractivity contribution in [1.82, 2.24) is 14.7 Å². The minimum absolute atomic E-state index is 0.124. The van der Waals surface area contributed by atoms with Crippen LogP contribution in [0, 0.1) is 5.92 Å². The summed E-state index contributed by atoms with van der Waals surface area (Å²) in [6, 6.07) is 7.97. The van der Waals surface area contributed by atoms with Crippen molar-refractivity contribution in [3.8, 4) is 0 Å². The van der Waals surface area contributed by atoms with Crippen molar-refractivity contribution in [2.75, 3.05) is 30.4 Å². The van der Waals surface area contributed by atoms with Crippen LogP contribution in [0.2, 0.25) is 0 Å². The molecule has 0 radical (unpaired) electrons. The Bertz CT molecular complexity index is 694. The number of aryl methyl sites for hydroxylation is 1. The smallest absolute Gasteiger partial charge is 0.321 e. The molecule has 0 saturated carbocycles. The van der Waals surface area contributed by atoms with E-state index in [1.54, 1.807) is 22.8 Å². The Hall–Kier alpha value is -2.50. The van der Waals surface area contributed by atoms with Crippen LogP contribution >= 0.6 is 0 Å². The van der Waals surface area contributed by atoms with Gasteiger partial charge in [-0.05, 0) is 36.6 Å². The van der Waals surface area contributed by atoms with Gasteiger partial charge >= 0.3 is 6.03 Å². The zero-order chi connectivity index (χ0) is 17.1. The molecule has 24 heavy (non-hydrogen) atoms. The minimum Gasteiger partial charge on any atom is -0.371 e. The summed E-state index contributed by atoms with van der Waals surface area (Å²) >= 11 is 0. The molecule has 1 aliphatic heterocycles. The first-order valence-corrected chi connectivity index (χ1v) is 8.36. The molecule has 128 valence electrons. The predicted octanol–water partition coefficient (Wildman–Crippen LogP) is 2.93. The summed E-state index contributed by atoms with van der Waals surface area (Å²) in [4.78, 5) is 16.3. The zero-order valence-corrected chi connectivity index (χ0v) is 14.6. The first kappa shape index (κ1) is 16.4. The molecule has 1 unspecified atom stereocenters. The average molecular weight is 327 g/mol. The molecule has 0 bridgehead atoms. The SMILES string of the molecule is CC1CCN(c2ccc(NC(=O)N(C)Cc3cnn(C)c3)cc2)C1. The fourth-order valence-electron chi connectivity index (χ4n) is 3.04. The van der Waals surface area contributed by atoms with Gasteiger partial charge in [-0.2, -0.15) is 5.10 Å². The Balaban J connectivity index is 1.56. The highest BCUT2D eigenvalue weighted by Crippen LogP contribution is 2.24. The number of nitrogens with zero attached hydrogens (tertiary/aromatic N) is 4. The lowest BCUT2D eigenvalue weighted by Crippen LogP contribution is -2.30. The van der Waals surface area contributed by atoms with E-state index in [4.69, 9.17) is 0 Å². The lowest BCUT2D eigenvalue weighted by molar-refractivity contribution is 0.220. The highest BCUT2D eigenvalue weighted by atomic mass is 16.2. The Morgan fingerprint density at radius 2 is 2.12 bits per heavy atom. The molecule has 1 aromatic heterocycles. The molecule has 1 saturated heterocycles. The van der Waals surface area contributed by atoms with Gasteiger partial charge in [-0.3, -0.25) is 4.68 Å². The molecule has 2 heterocycles. The maximum absolute atomic E-state index is 12.3. The van der Waals surface area contributed by atoms with E-state index in [0.29, 0.717) is 6.54 Å². The summed E-state index contributed by atoms with van der Waals surface area (Å²) in [5.41, 5.74) is 3.05. The van der Waals surface area contributed by atoms with Crippen LogP contribution in [0.4, 0.5) is 16.2 Å². The normalized spacial score (nSPS) is 17.1. The molecule has 1 fully saturated rings. The van der Waals surface area contributed by atoms with Gasteiger partial charge in [0, 0.05) is 50.3 Å². The number of aromatic nitrogens is 2. The number of carbonyl (C=O) groups excluding carboxylic acids is 1. The Labute approximate surface area is 143 Å². The summed E-state index contributed by atoms with van der Waals surface area (Å²) in [6.07, 6.45) is 4.93. The molecule has 2 amide bonds. The fourth-order valence-corrected chi connectivity index (χ4v) is 3.04. The third kappa shape index (κ3) is 3.88. The van der Waals surface area contributed by atoms with E-state index in [2.05, 4.69) is 34.4 Å². The van der Waals surface area contributed by atoms with Gasteiger partial charge in [0.15, 0.2) is 0 Å². The lowest BCUT2D eigenvalue weighted by atomic mass is 10.2. The van der Waals surface area contributed by atoms with Crippen molar-refractivity contribution < 1.29 is 4.79 Å². The van der Waals surface area contributed by atoms with Crippen LogP contribution in [-0.4, -0.2) is 40.8 Å². The number of nitrogens with one attached hydrogen (secondary N) is 1. The lowest BCUT2D eigenvalue weighted by Gasteiger charge is -2.20. The number of benzene rings is 1. The summed E-state index contributed by atoms with van der Waals surface area (Å²) in [5.74, 6) is 0.755. The molecule has 1 N–H and O–H groups in total. The summed E-state index contributed by atoms with van der Waals surface area (Å²) in [7, 11) is 3.65. The molecular formula is C18H25N5O. The summed E-state index contributed by atoms with van der Waals surface area (Å²) in [6.45, 7) is 5.04. The number of rotatable bonds is 4. The number of urea groups is 1. The standard InChI is InChI=1S/C18H25N5O/c1-14-8-9-23(11-14)17-6-4-16(5-7-17)20-18(24)21(2)12-15-10-19-22(3)13-15/h4-7,10,13-14H,8-9,11-12H2,1-3H3,(H,20,24). The van der Waals surface area contributed by atoms with Crippen molar-refractivity contribution in [3.63, 3.8) is 0 Å². The monoisotopic (exact) mass is 327 g/mol. The van der Waals surface area contributed by atoms with E-state index in [0.717, 1.165) is 30.3 Å². The maximum atomic E-state index is 12.3. The average Bonchev–Trinajstić information content (AvgIpc) is 3.16. The van der Waals surface area contributed by atoms with E-state index < -0.39 is 0 Å². The first-order valence-electron chi connectivity index (χ1n) is 8.36. The van der Waals surface area contributed by atoms with Gasteiger partial charge in [0.05, 0.1) is 12.7 Å². The second-order valence-electron chi connectivity index (χ2n) is 6.70. The van der Waals surface area contributed by atoms with Crippen molar-refractivity contribution >= 4 is 17.4 Å². The van der Waals surface area contributed by atoms with Gasteiger partial charge in [-0.15, -0.1) is 0 Å². The van der Waals surface area contributed by atoms with Crippen molar-refractivity contribution in [1.29, 1.82) is 0 Å². The number of amides is 2. The quantitative estimate of drug-likeness (QED) is 0.939. The number of hydrogen-bond donors (Lipinski definition) is 1. The van der Waals surface area contributed by atoms with E-state index in [9.17, 15) is 4.79 Å². The van der Waals surface area contributed by atoms with Gasteiger partial charge in [0.2, 0.25) is 0 Å². The van der Waals surface area contributed by atoms with Gasteiger partial charge in [-0.25, -0.2) is 4.79 Å². The highest BCUT2D eigenvalue weighted by Gasteiger charge is 2.18. The van der Waals surface area contributed by atoms with Crippen LogP contribution < -0.4 is 10.2 Å². The van der Waals surface area contributed by atoms with Crippen LogP contribution in [0.3, 0.4) is 0 Å². The van der Waals surface area contributed by atoms with E-state index in [1.807, 2.05) is 25.4 Å². The minimum atomic E-state index is -0.124. The second-order valence-corrected chi connectivity index (χ2v) is 6.70. The molecule has 1 atom stereocenters. The van der Waals surface area contributed by atoms with Crippen LogP contribution in [0.15, 0.2) is 36.7 Å². The Morgan fingerprint density at radius 3 is 2.71 bits per heavy atom. The molecule has 1 aromatic carbocycles. The van der Waals surface area contributed by atoms with Crippen LogP contribution in [0.5, 0.6) is 0 Å². The second kappa shape index (κ2) is 6.95. The van der Waals surface area contributed by atoms with Crippen LogP contribution in [0.1, 0.15) is 18.9 Å². The van der Waals surface area contributed by atoms with Crippen molar-refractivity contribution in [2.24, 2.45) is 13.0 Å². The highest BCUT2D eigenvalue weighted by molar-refractivity contribution is 5.89. The number of carbonyl (C=O) groups is 1. The van der Waals surface area contributed by atoms with Crippen LogP contribution in [-0.2, 0) is 13.6 Å². The molecular weight excluding hydrogens is 302 g/mol. The fraction of sp³-hybridized carbons (Fsp3) is 0.444. The van der Waals surface area contributed by atoms with E-state index >= 15 is 0 Å². The molecule has 3 rings (SSSR count). The summed E-state index contributed by atoms with van der Waals surface area (Å²) < 4.78 is 1.74. The molecule has 0 aliphatic carbocycles. The van der Waals surface area contributed by atoms with E-state index in [1.165, 1.54) is 12.1 Å². The van der Waals surface area contributed by atoms with Crippen LogP contribution in [0.25, 0.3) is 0 Å². The van der Waals surface area contributed by atoms with Crippen molar-refractivity contribution in [3.05, 3.63) is 42.2 Å². The number of anilines is 2. The third-order valence-electron chi connectivity index (χ3n) is 4.43. The molecule has 6 heteroatoms. The number of hydrogen-bond acceptors (Lipinski definition) is 3. The molecule has 6 nitrogen and oxygen atoms in total. The van der Waals surface area contributed by atoms with E-state index in [-0.39, 0.29) is 6.03 Å². The summed E-state index contributed by atoms with van der Waals surface area (Å²) in [5, 5.41) is 7.06. The predicted molar refractivity (Wildman–Crippen MR) is 96.1 cm³/mol. The Morgan fingerprint density at radius 1 is 1.38 bits per heavy atom. The molecule has 0 spiro atoms. The Kier molecular flexibility index (Phi) is 4.74. The van der Waals surface area contributed by atoms with Gasteiger partial charge in [0.1, 0.15) is 0 Å². The van der Waals surface area contributed by atoms with Gasteiger partial charge in [-0.1, -0.05) is 6.92 Å². The van der Waals surface area contributed by atoms with Crippen molar-refractivity contribution in [2.45, 2.75) is 19.9 Å². The first-order chi connectivity index (χ1) is 11.5. The maximum Gasteiger partial charge on any atom is 0.321 e. The molecule has 1 aliphatic rings. The molecule has 2 aromatic rings. The third-order valence-corrected chi connectivity index (χ3v) is 4.43. The topological polar surface area (TPSA) is 53.4 Å². The van der Waals surface area contributed by atoms with Gasteiger partial charge in [0.25, 0.3) is 0 Å². The van der Waals surface area contributed by atoms with Gasteiger partial charge < -0.3 is 15.1 Å². The largest absolute Gasteiger partial charge is 0.371 e.